The van der Waals surface area contributed by atoms with Crippen LogP contribution in [0.3, 0.4) is 0 Å². The molecule has 3 rings (SSSR count). The molecule has 0 unspecified atom stereocenters. The third-order valence-electron chi connectivity index (χ3n) is 5.80. The predicted molar refractivity (Wildman–Crippen MR) is 115 cm³/mol. The molecule has 150 valence electrons. The summed E-state index contributed by atoms with van der Waals surface area (Å²) in [6.07, 6.45) is 1.68. The van der Waals surface area contributed by atoms with E-state index < -0.39 is 5.60 Å². The lowest BCUT2D eigenvalue weighted by molar-refractivity contribution is -0.0110. The van der Waals surface area contributed by atoms with E-state index in [4.69, 9.17) is 4.74 Å². The van der Waals surface area contributed by atoms with Crippen LogP contribution in [0.1, 0.15) is 70.4 Å². The van der Waals surface area contributed by atoms with Gasteiger partial charge in [0.1, 0.15) is 5.60 Å². The van der Waals surface area contributed by atoms with E-state index in [9.17, 15) is 4.79 Å². The van der Waals surface area contributed by atoms with Crippen LogP contribution in [0.5, 0.6) is 0 Å². The van der Waals surface area contributed by atoms with Gasteiger partial charge in [0.15, 0.2) is 0 Å². The molecule has 1 aliphatic rings. The maximum Gasteiger partial charge on any atom is 0.410 e. The fourth-order valence-corrected chi connectivity index (χ4v) is 4.62. The fraction of sp³-hybridized carbons (Fsp3) is 0.480. The molecule has 2 aromatic rings. The Labute approximate surface area is 169 Å². The van der Waals surface area contributed by atoms with Gasteiger partial charge in [-0.15, -0.1) is 0 Å². The number of amides is 1. The largest absolute Gasteiger partial charge is 0.444 e. The molecule has 3 nitrogen and oxygen atoms in total. The van der Waals surface area contributed by atoms with Crippen molar-refractivity contribution >= 4 is 6.09 Å². The van der Waals surface area contributed by atoms with E-state index in [2.05, 4.69) is 74.5 Å². The molecular formula is C25H33NO2. The Bertz CT molecular complexity index is 766. The Morgan fingerprint density at radius 3 is 2.04 bits per heavy atom. The van der Waals surface area contributed by atoms with Crippen LogP contribution < -0.4 is 0 Å². The average molecular weight is 380 g/mol. The Balaban J connectivity index is 2.02. The number of hydrogen-bond acceptors (Lipinski definition) is 2. The summed E-state index contributed by atoms with van der Waals surface area (Å²) in [6, 6.07) is 21.6. The monoisotopic (exact) mass is 379 g/mol. The van der Waals surface area contributed by atoms with Gasteiger partial charge >= 0.3 is 6.09 Å². The summed E-state index contributed by atoms with van der Waals surface area (Å²) in [4.78, 5) is 15.1. The third kappa shape index (κ3) is 4.40. The quantitative estimate of drug-likeness (QED) is 0.621. The van der Waals surface area contributed by atoms with E-state index in [1.54, 1.807) is 0 Å². The molecule has 0 N–H and O–H groups in total. The first kappa shape index (κ1) is 20.4. The van der Waals surface area contributed by atoms with Crippen LogP contribution in [-0.2, 0) is 4.74 Å². The van der Waals surface area contributed by atoms with Gasteiger partial charge in [0.2, 0.25) is 0 Å². The van der Waals surface area contributed by atoms with E-state index in [1.807, 2.05) is 25.7 Å². The summed E-state index contributed by atoms with van der Waals surface area (Å²) < 4.78 is 5.79. The van der Waals surface area contributed by atoms with Gasteiger partial charge in [0.25, 0.3) is 0 Å². The van der Waals surface area contributed by atoms with Crippen LogP contribution in [0, 0.1) is 0 Å². The van der Waals surface area contributed by atoms with E-state index in [0.717, 1.165) is 12.8 Å². The maximum atomic E-state index is 13.1. The number of nitrogens with zero attached hydrogens (tertiary/aromatic N) is 1. The number of hydrogen-bond donors (Lipinski definition) is 0. The zero-order chi connectivity index (χ0) is 20.3. The normalized spacial score (nSPS) is 25.4. The summed E-state index contributed by atoms with van der Waals surface area (Å²) in [5.74, 6) is 0.612. The third-order valence-corrected chi connectivity index (χ3v) is 5.80. The molecule has 0 saturated carbocycles. The fourth-order valence-electron chi connectivity index (χ4n) is 4.62. The highest BCUT2D eigenvalue weighted by molar-refractivity contribution is 5.69. The van der Waals surface area contributed by atoms with Gasteiger partial charge < -0.3 is 9.64 Å². The molecule has 4 atom stereocenters. The summed E-state index contributed by atoms with van der Waals surface area (Å²) in [5, 5.41) is 0. The zero-order valence-corrected chi connectivity index (χ0v) is 17.8. The van der Waals surface area contributed by atoms with Crippen molar-refractivity contribution in [3.8, 4) is 0 Å². The van der Waals surface area contributed by atoms with Gasteiger partial charge in [-0.25, -0.2) is 4.79 Å². The standard InChI is InChI=1S/C25H33NO2/c1-6-21-17-22(19-13-9-7-10-14-19)23(20-15-11-8-12-16-20)18(2)26(21)24(27)28-25(3,4)5/h7-16,18,21-23H,6,17H2,1-5H3/t18-,21-,22+,23+/m1/s1. The predicted octanol–water partition coefficient (Wildman–Crippen LogP) is 6.36. The summed E-state index contributed by atoms with van der Waals surface area (Å²) >= 11 is 0. The van der Waals surface area contributed by atoms with Gasteiger partial charge in [-0.3, -0.25) is 0 Å². The van der Waals surface area contributed by atoms with Gasteiger partial charge in [-0.1, -0.05) is 67.6 Å². The summed E-state index contributed by atoms with van der Waals surface area (Å²) in [7, 11) is 0. The maximum absolute atomic E-state index is 13.1. The molecular weight excluding hydrogens is 346 g/mol. The SMILES string of the molecule is CC[C@@H]1C[C@@H](c2ccccc2)[C@H](c2ccccc2)[C@@H](C)N1C(=O)OC(C)(C)C. The Hall–Kier alpha value is -2.29. The molecule has 0 aliphatic carbocycles. The Kier molecular flexibility index (Phi) is 6.12. The van der Waals surface area contributed by atoms with E-state index >= 15 is 0 Å². The number of likely N-dealkylation sites (tertiary alicyclic amines) is 1. The van der Waals surface area contributed by atoms with Crippen molar-refractivity contribution in [2.45, 2.75) is 77.0 Å². The summed E-state index contributed by atoms with van der Waals surface area (Å²) in [6.45, 7) is 10.1. The lowest BCUT2D eigenvalue weighted by Gasteiger charge is -2.49. The van der Waals surface area contributed by atoms with Crippen molar-refractivity contribution in [3.05, 3.63) is 71.8 Å². The van der Waals surface area contributed by atoms with Crippen molar-refractivity contribution in [3.63, 3.8) is 0 Å². The number of ether oxygens (including phenoxy) is 1. The van der Waals surface area contributed by atoms with Crippen molar-refractivity contribution in [2.75, 3.05) is 0 Å². The number of benzene rings is 2. The molecule has 0 aromatic heterocycles. The van der Waals surface area contributed by atoms with Gasteiger partial charge in [-0.05, 0) is 57.6 Å². The molecule has 0 radical (unpaired) electrons. The van der Waals surface area contributed by atoms with E-state index in [-0.39, 0.29) is 24.1 Å². The number of carbonyl (C=O) groups is 1. The first-order chi connectivity index (χ1) is 13.3. The van der Waals surface area contributed by atoms with Crippen molar-refractivity contribution in [2.24, 2.45) is 0 Å². The molecule has 0 bridgehead atoms. The Morgan fingerprint density at radius 2 is 1.54 bits per heavy atom. The van der Waals surface area contributed by atoms with Crippen LogP contribution in [0.25, 0.3) is 0 Å². The number of rotatable bonds is 3. The highest BCUT2D eigenvalue weighted by Gasteiger charge is 2.44. The van der Waals surface area contributed by atoms with Gasteiger partial charge in [0, 0.05) is 18.0 Å². The second kappa shape index (κ2) is 8.38. The van der Waals surface area contributed by atoms with E-state index in [1.165, 1.54) is 11.1 Å². The molecule has 1 aliphatic heterocycles. The molecule has 1 saturated heterocycles. The van der Waals surface area contributed by atoms with Crippen LogP contribution >= 0.6 is 0 Å². The zero-order valence-electron chi connectivity index (χ0n) is 17.8. The first-order valence-corrected chi connectivity index (χ1v) is 10.4. The number of piperidine rings is 1. The lowest BCUT2D eigenvalue weighted by atomic mass is 9.70. The van der Waals surface area contributed by atoms with Crippen molar-refractivity contribution in [1.29, 1.82) is 0 Å². The smallest absolute Gasteiger partial charge is 0.410 e. The van der Waals surface area contributed by atoms with Crippen LogP contribution in [-0.4, -0.2) is 28.7 Å². The average Bonchev–Trinajstić information content (AvgIpc) is 2.67. The molecule has 1 heterocycles. The van der Waals surface area contributed by atoms with Crippen LogP contribution in [0.15, 0.2) is 60.7 Å². The van der Waals surface area contributed by atoms with Crippen LogP contribution in [0.2, 0.25) is 0 Å². The molecule has 1 amide bonds. The van der Waals surface area contributed by atoms with Gasteiger partial charge in [0.05, 0.1) is 0 Å². The highest BCUT2D eigenvalue weighted by atomic mass is 16.6. The Morgan fingerprint density at radius 1 is 1.00 bits per heavy atom. The second-order valence-corrected chi connectivity index (χ2v) is 8.88. The molecule has 2 aromatic carbocycles. The lowest BCUT2D eigenvalue weighted by Crippen LogP contribution is -2.55. The summed E-state index contributed by atoms with van der Waals surface area (Å²) in [5.41, 5.74) is 2.14. The minimum atomic E-state index is -0.492. The molecule has 3 heteroatoms. The topological polar surface area (TPSA) is 29.5 Å². The second-order valence-electron chi connectivity index (χ2n) is 8.88. The molecule has 0 spiro atoms. The number of carbonyl (C=O) groups excluding carboxylic acids is 1. The first-order valence-electron chi connectivity index (χ1n) is 10.4. The molecule has 28 heavy (non-hydrogen) atoms. The van der Waals surface area contributed by atoms with E-state index in [0.29, 0.717) is 5.92 Å². The van der Waals surface area contributed by atoms with Gasteiger partial charge in [-0.2, -0.15) is 0 Å². The van der Waals surface area contributed by atoms with Crippen molar-refractivity contribution < 1.29 is 9.53 Å². The van der Waals surface area contributed by atoms with Crippen molar-refractivity contribution in [1.82, 2.24) is 4.90 Å². The highest BCUT2D eigenvalue weighted by Crippen LogP contribution is 2.46. The minimum absolute atomic E-state index is 0.0566. The minimum Gasteiger partial charge on any atom is -0.444 e. The molecule has 1 fully saturated rings. The van der Waals surface area contributed by atoms with Crippen LogP contribution in [0.4, 0.5) is 4.79 Å².